The zero-order chi connectivity index (χ0) is 17.6. The molecule has 1 aliphatic heterocycles. The Hall–Kier alpha value is -2.67. The van der Waals surface area contributed by atoms with Gasteiger partial charge in [0.05, 0.1) is 12.0 Å². The minimum atomic E-state index is -0.396. The van der Waals surface area contributed by atoms with Crippen LogP contribution in [-0.2, 0) is 6.54 Å². The van der Waals surface area contributed by atoms with Gasteiger partial charge in [-0.2, -0.15) is 0 Å². The third kappa shape index (κ3) is 4.45. The van der Waals surface area contributed by atoms with Crippen molar-refractivity contribution in [3.8, 4) is 5.75 Å². The molecule has 0 unspecified atom stereocenters. The highest BCUT2D eigenvalue weighted by molar-refractivity contribution is 5.55. The zero-order valence-corrected chi connectivity index (χ0v) is 14.2. The molecular weight excluding hydrogens is 320 g/mol. The molecule has 0 aliphatic carbocycles. The third-order valence-electron chi connectivity index (χ3n) is 4.45. The Morgan fingerprint density at radius 3 is 2.84 bits per heavy atom. The van der Waals surface area contributed by atoms with E-state index in [1.54, 1.807) is 19.4 Å². The van der Waals surface area contributed by atoms with E-state index in [4.69, 9.17) is 4.74 Å². The lowest BCUT2D eigenvalue weighted by molar-refractivity contribution is -0.384. The highest BCUT2D eigenvalue weighted by Gasteiger charge is 2.22. The molecule has 0 radical (unpaired) electrons. The SMILES string of the molecule is COc1cccc(CN2CCC(Nc3ncccc3[N+](=O)[O-])CC2)c1. The normalized spacial score (nSPS) is 15.7. The summed E-state index contributed by atoms with van der Waals surface area (Å²) in [6.45, 7) is 2.76. The third-order valence-corrected chi connectivity index (χ3v) is 4.45. The number of benzene rings is 1. The maximum absolute atomic E-state index is 11.1. The molecule has 1 aliphatic rings. The van der Waals surface area contributed by atoms with E-state index < -0.39 is 4.92 Å². The summed E-state index contributed by atoms with van der Waals surface area (Å²) in [6, 6.07) is 11.4. The van der Waals surface area contributed by atoms with Crippen LogP contribution in [0.4, 0.5) is 11.5 Å². The number of hydrogen-bond donors (Lipinski definition) is 1. The lowest BCUT2D eigenvalue weighted by atomic mass is 10.0. The highest BCUT2D eigenvalue weighted by atomic mass is 16.6. The van der Waals surface area contributed by atoms with Crippen molar-refractivity contribution in [3.63, 3.8) is 0 Å². The van der Waals surface area contributed by atoms with Crippen molar-refractivity contribution < 1.29 is 9.66 Å². The van der Waals surface area contributed by atoms with Gasteiger partial charge in [-0.1, -0.05) is 12.1 Å². The van der Waals surface area contributed by atoms with Crippen molar-refractivity contribution in [2.45, 2.75) is 25.4 Å². The Balaban J connectivity index is 1.54. The molecule has 1 saturated heterocycles. The minimum absolute atomic E-state index is 0.0290. The summed E-state index contributed by atoms with van der Waals surface area (Å²) >= 11 is 0. The van der Waals surface area contributed by atoms with Gasteiger partial charge < -0.3 is 10.1 Å². The van der Waals surface area contributed by atoms with Gasteiger partial charge in [0.25, 0.3) is 0 Å². The monoisotopic (exact) mass is 342 g/mol. The Labute approximate surface area is 146 Å². The summed E-state index contributed by atoms with van der Waals surface area (Å²) in [7, 11) is 1.67. The summed E-state index contributed by atoms with van der Waals surface area (Å²) in [6.07, 6.45) is 3.43. The molecule has 25 heavy (non-hydrogen) atoms. The van der Waals surface area contributed by atoms with E-state index in [9.17, 15) is 10.1 Å². The molecule has 2 aromatic rings. The Morgan fingerprint density at radius 1 is 1.32 bits per heavy atom. The molecule has 0 atom stereocenters. The van der Waals surface area contributed by atoms with Crippen molar-refractivity contribution in [2.75, 3.05) is 25.5 Å². The average molecular weight is 342 g/mol. The van der Waals surface area contributed by atoms with Crippen molar-refractivity contribution in [2.24, 2.45) is 0 Å². The molecule has 1 aromatic heterocycles. The quantitative estimate of drug-likeness (QED) is 0.642. The number of nitrogens with zero attached hydrogens (tertiary/aromatic N) is 3. The molecule has 0 saturated carbocycles. The number of anilines is 1. The second-order valence-corrected chi connectivity index (χ2v) is 6.17. The fourth-order valence-corrected chi connectivity index (χ4v) is 3.11. The van der Waals surface area contributed by atoms with Crippen LogP contribution >= 0.6 is 0 Å². The van der Waals surface area contributed by atoms with Crippen LogP contribution in [0.3, 0.4) is 0 Å². The average Bonchev–Trinajstić information content (AvgIpc) is 2.64. The highest BCUT2D eigenvalue weighted by Crippen LogP contribution is 2.24. The van der Waals surface area contributed by atoms with Crippen LogP contribution in [0, 0.1) is 10.1 Å². The number of nitrogens with one attached hydrogen (secondary N) is 1. The summed E-state index contributed by atoms with van der Waals surface area (Å²) in [4.78, 5) is 17.2. The van der Waals surface area contributed by atoms with E-state index in [0.717, 1.165) is 38.2 Å². The number of ether oxygens (including phenoxy) is 1. The summed E-state index contributed by atoms with van der Waals surface area (Å²) in [5, 5.41) is 14.3. The Morgan fingerprint density at radius 2 is 2.12 bits per heavy atom. The molecule has 2 heterocycles. The first-order chi connectivity index (χ1) is 12.2. The molecule has 132 valence electrons. The van der Waals surface area contributed by atoms with Gasteiger partial charge >= 0.3 is 5.69 Å². The van der Waals surface area contributed by atoms with Crippen molar-refractivity contribution in [3.05, 3.63) is 58.3 Å². The van der Waals surface area contributed by atoms with E-state index in [1.165, 1.54) is 11.6 Å². The number of methoxy groups -OCH3 is 1. The van der Waals surface area contributed by atoms with Crippen molar-refractivity contribution in [1.82, 2.24) is 9.88 Å². The number of hydrogen-bond acceptors (Lipinski definition) is 6. The molecule has 0 bridgehead atoms. The fraction of sp³-hybridized carbons (Fsp3) is 0.389. The van der Waals surface area contributed by atoms with Crippen LogP contribution in [-0.4, -0.2) is 41.0 Å². The van der Waals surface area contributed by atoms with Crippen LogP contribution in [0.1, 0.15) is 18.4 Å². The van der Waals surface area contributed by atoms with E-state index in [1.807, 2.05) is 12.1 Å². The van der Waals surface area contributed by atoms with E-state index in [-0.39, 0.29) is 11.7 Å². The first kappa shape index (κ1) is 17.2. The minimum Gasteiger partial charge on any atom is -0.497 e. The topological polar surface area (TPSA) is 80.5 Å². The lowest BCUT2D eigenvalue weighted by Gasteiger charge is -2.32. The molecule has 1 N–H and O–H groups in total. The fourth-order valence-electron chi connectivity index (χ4n) is 3.11. The van der Waals surface area contributed by atoms with Crippen molar-refractivity contribution in [1.29, 1.82) is 0 Å². The van der Waals surface area contributed by atoms with Crippen LogP contribution in [0.25, 0.3) is 0 Å². The number of rotatable bonds is 6. The maximum Gasteiger partial charge on any atom is 0.311 e. The van der Waals surface area contributed by atoms with Crippen LogP contribution < -0.4 is 10.1 Å². The molecule has 1 aromatic carbocycles. The molecular formula is C18H22N4O3. The summed E-state index contributed by atoms with van der Waals surface area (Å²) in [5.41, 5.74) is 1.26. The predicted molar refractivity (Wildman–Crippen MR) is 95.8 cm³/mol. The van der Waals surface area contributed by atoms with E-state index >= 15 is 0 Å². The zero-order valence-electron chi connectivity index (χ0n) is 14.2. The molecule has 1 fully saturated rings. The number of pyridine rings is 1. The van der Waals surface area contributed by atoms with Gasteiger partial charge in [0, 0.05) is 37.9 Å². The molecule has 3 rings (SSSR count). The number of aromatic nitrogens is 1. The standard InChI is InChI=1S/C18H22N4O3/c1-25-16-5-2-4-14(12-16)13-21-10-7-15(8-11-21)20-18-17(22(23)24)6-3-9-19-18/h2-6,9,12,15H,7-8,10-11,13H2,1H3,(H,19,20). The van der Waals surface area contributed by atoms with Gasteiger partial charge in [0.15, 0.2) is 0 Å². The van der Waals surface area contributed by atoms with E-state index in [0.29, 0.717) is 5.82 Å². The predicted octanol–water partition coefficient (Wildman–Crippen LogP) is 3.07. The Kier molecular flexibility index (Phi) is 5.45. The largest absolute Gasteiger partial charge is 0.497 e. The van der Waals surface area contributed by atoms with Gasteiger partial charge in [-0.3, -0.25) is 15.0 Å². The molecule has 7 heteroatoms. The van der Waals surface area contributed by atoms with Gasteiger partial charge in [0.2, 0.25) is 5.82 Å². The smallest absolute Gasteiger partial charge is 0.311 e. The van der Waals surface area contributed by atoms with Crippen LogP contribution in [0.5, 0.6) is 5.75 Å². The van der Waals surface area contributed by atoms with Gasteiger partial charge in [0.1, 0.15) is 5.75 Å². The van der Waals surface area contributed by atoms with Crippen LogP contribution in [0.2, 0.25) is 0 Å². The van der Waals surface area contributed by atoms with Gasteiger partial charge in [-0.15, -0.1) is 0 Å². The molecule has 7 nitrogen and oxygen atoms in total. The maximum atomic E-state index is 11.1. The second-order valence-electron chi connectivity index (χ2n) is 6.17. The summed E-state index contributed by atoms with van der Waals surface area (Å²) < 4.78 is 5.27. The number of piperidine rings is 1. The lowest BCUT2D eigenvalue weighted by Crippen LogP contribution is -2.38. The van der Waals surface area contributed by atoms with E-state index in [2.05, 4.69) is 27.3 Å². The number of nitro groups is 1. The Bertz CT molecular complexity index is 730. The molecule has 0 spiro atoms. The molecule has 0 amide bonds. The van der Waals surface area contributed by atoms with Crippen molar-refractivity contribution >= 4 is 11.5 Å². The van der Waals surface area contributed by atoms with Gasteiger partial charge in [-0.05, 0) is 36.6 Å². The second kappa shape index (κ2) is 7.94. The summed E-state index contributed by atoms with van der Waals surface area (Å²) in [5.74, 6) is 1.23. The van der Waals surface area contributed by atoms with Crippen LogP contribution in [0.15, 0.2) is 42.6 Å². The van der Waals surface area contributed by atoms with Gasteiger partial charge in [-0.25, -0.2) is 4.98 Å². The first-order valence-corrected chi connectivity index (χ1v) is 8.37. The number of likely N-dealkylation sites (tertiary alicyclic amines) is 1. The first-order valence-electron chi connectivity index (χ1n) is 8.37.